The van der Waals surface area contributed by atoms with Crippen LogP contribution in [0.15, 0.2) is 53.3 Å². The molecule has 0 atom stereocenters. The number of imidazole rings is 1. The Kier molecular flexibility index (Phi) is 5.46. The van der Waals surface area contributed by atoms with Gasteiger partial charge < -0.3 is 9.67 Å². The van der Waals surface area contributed by atoms with Crippen molar-refractivity contribution in [3.63, 3.8) is 0 Å². The number of halogens is 3. The molecule has 7 heteroatoms. The summed E-state index contributed by atoms with van der Waals surface area (Å²) in [6.07, 6.45) is -0.746. The first-order valence-electron chi connectivity index (χ1n) is 7.46. The Labute approximate surface area is 143 Å². The van der Waals surface area contributed by atoms with Crippen LogP contribution in [0.5, 0.6) is 5.75 Å². The largest absolute Gasteiger partial charge is 0.508 e. The van der Waals surface area contributed by atoms with Crippen molar-refractivity contribution in [3.8, 4) is 5.75 Å². The van der Waals surface area contributed by atoms with Gasteiger partial charge in [-0.05, 0) is 38.3 Å². The van der Waals surface area contributed by atoms with Crippen LogP contribution in [0.25, 0.3) is 5.57 Å². The SMILES string of the molecule is C=N/C(=C\C=C(/C)c1ncc(C)n1Cc1ccccc1O)C(F)(F)F. The van der Waals surface area contributed by atoms with Gasteiger partial charge in [-0.2, -0.15) is 13.2 Å². The second kappa shape index (κ2) is 7.38. The number of para-hydroxylation sites is 1. The third-order valence-corrected chi connectivity index (χ3v) is 3.68. The first-order valence-corrected chi connectivity index (χ1v) is 7.46. The van der Waals surface area contributed by atoms with Crippen LogP contribution in [-0.2, 0) is 6.54 Å². The van der Waals surface area contributed by atoms with Crippen molar-refractivity contribution in [2.45, 2.75) is 26.6 Å². The van der Waals surface area contributed by atoms with Crippen molar-refractivity contribution in [2.24, 2.45) is 4.99 Å². The molecule has 1 aromatic heterocycles. The van der Waals surface area contributed by atoms with Crippen molar-refractivity contribution in [3.05, 3.63) is 65.4 Å². The van der Waals surface area contributed by atoms with E-state index in [4.69, 9.17) is 0 Å². The second-order valence-corrected chi connectivity index (χ2v) is 5.50. The van der Waals surface area contributed by atoms with Crippen LogP contribution in [0, 0.1) is 6.92 Å². The molecule has 132 valence electrons. The number of phenols is 1. The van der Waals surface area contributed by atoms with Crippen LogP contribution in [0.1, 0.15) is 24.0 Å². The molecule has 2 rings (SSSR count). The highest BCUT2D eigenvalue weighted by atomic mass is 19.4. The predicted molar refractivity (Wildman–Crippen MR) is 91.5 cm³/mol. The minimum Gasteiger partial charge on any atom is -0.508 e. The number of alkyl halides is 3. The van der Waals surface area contributed by atoms with E-state index >= 15 is 0 Å². The summed E-state index contributed by atoms with van der Waals surface area (Å²) in [5, 5.41) is 9.93. The van der Waals surface area contributed by atoms with E-state index < -0.39 is 11.9 Å². The van der Waals surface area contributed by atoms with Gasteiger partial charge in [0.1, 0.15) is 17.3 Å². The molecule has 0 radical (unpaired) electrons. The lowest BCUT2D eigenvalue weighted by Gasteiger charge is -2.12. The van der Waals surface area contributed by atoms with Gasteiger partial charge in [-0.15, -0.1) is 0 Å². The van der Waals surface area contributed by atoms with Crippen LogP contribution in [0.2, 0.25) is 0 Å². The Morgan fingerprint density at radius 3 is 2.60 bits per heavy atom. The molecule has 1 aromatic carbocycles. The maximum absolute atomic E-state index is 12.7. The van der Waals surface area contributed by atoms with Gasteiger partial charge in [-0.25, -0.2) is 4.98 Å². The molecule has 0 aliphatic rings. The van der Waals surface area contributed by atoms with E-state index in [1.165, 1.54) is 6.08 Å². The summed E-state index contributed by atoms with van der Waals surface area (Å²) in [7, 11) is 0. The number of aliphatic imine (C=N–C) groups is 1. The van der Waals surface area contributed by atoms with Gasteiger partial charge in [0.2, 0.25) is 0 Å². The van der Waals surface area contributed by atoms with Crippen LogP contribution in [0.4, 0.5) is 13.2 Å². The fourth-order valence-corrected chi connectivity index (χ4v) is 2.31. The number of benzene rings is 1. The number of phenolic OH excluding ortho intramolecular Hbond substituents is 1. The molecule has 0 aliphatic carbocycles. The lowest BCUT2D eigenvalue weighted by Crippen LogP contribution is -2.09. The van der Waals surface area contributed by atoms with Crippen molar-refractivity contribution in [1.82, 2.24) is 9.55 Å². The fraction of sp³-hybridized carbons (Fsp3) is 0.222. The number of allylic oxidation sites excluding steroid dienone is 4. The van der Waals surface area contributed by atoms with Crippen LogP contribution < -0.4 is 0 Å². The molecule has 2 aromatic rings. The molecule has 0 saturated heterocycles. The minimum atomic E-state index is -4.56. The van der Waals surface area contributed by atoms with Crippen molar-refractivity contribution in [2.75, 3.05) is 0 Å². The van der Waals surface area contributed by atoms with E-state index in [1.54, 1.807) is 37.4 Å². The third-order valence-electron chi connectivity index (χ3n) is 3.68. The van der Waals surface area contributed by atoms with E-state index in [9.17, 15) is 18.3 Å². The smallest absolute Gasteiger partial charge is 0.433 e. The number of aromatic hydroxyl groups is 1. The normalized spacial score (nSPS) is 13.2. The highest BCUT2D eigenvalue weighted by Gasteiger charge is 2.32. The average molecular weight is 349 g/mol. The minimum absolute atomic E-state index is 0.151. The molecule has 0 unspecified atom stereocenters. The van der Waals surface area contributed by atoms with Gasteiger partial charge in [-0.1, -0.05) is 24.3 Å². The molecular formula is C18H18F3N3O. The van der Waals surface area contributed by atoms with Crippen molar-refractivity contribution in [1.29, 1.82) is 0 Å². The molecule has 0 fully saturated rings. The average Bonchev–Trinajstić information content (AvgIpc) is 2.90. The van der Waals surface area contributed by atoms with Gasteiger partial charge in [0.15, 0.2) is 0 Å². The topological polar surface area (TPSA) is 50.4 Å². The van der Waals surface area contributed by atoms with Gasteiger partial charge >= 0.3 is 6.18 Å². The Balaban J connectivity index is 2.38. The molecule has 1 N–H and O–H groups in total. The zero-order valence-corrected chi connectivity index (χ0v) is 13.9. The van der Waals surface area contributed by atoms with Gasteiger partial charge in [0.05, 0.1) is 6.54 Å². The number of aromatic nitrogens is 2. The van der Waals surface area contributed by atoms with Crippen LogP contribution in [-0.4, -0.2) is 27.6 Å². The van der Waals surface area contributed by atoms with E-state index in [2.05, 4.69) is 16.7 Å². The highest BCUT2D eigenvalue weighted by molar-refractivity contribution is 5.61. The number of hydrogen-bond donors (Lipinski definition) is 1. The summed E-state index contributed by atoms with van der Waals surface area (Å²) in [6.45, 7) is 6.81. The highest BCUT2D eigenvalue weighted by Crippen LogP contribution is 2.27. The van der Waals surface area contributed by atoms with Gasteiger partial charge in [0.25, 0.3) is 0 Å². The molecule has 1 heterocycles. The van der Waals surface area contributed by atoms with E-state index in [0.29, 0.717) is 23.5 Å². The summed E-state index contributed by atoms with van der Waals surface area (Å²) >= 11 is 0. The molecule has 0 aliphatic heterocycles. The fourth-order valence-electron chi connectivity index (χ4n) is 2.31. The maximum Gasteiger partial charge on any atom is 0.433 e. The molecule has 25 heavy (non-hydrogen) atoms. The summed E-state index contributed by atoms with van der Waals surface area (Å²) in [5.41, 5.74) is 0.987. The van der Waals surface area contributed by atoms with Crippen LogP contribution in [0.3, 0.4) is 0 Å². The zero-order chi connectivity index (χ0) is 18.6. The number of rotatable bonds is 5. The van der Waals surface area contributed by atoms with Crippen LogP contribution >= 0.6 is 0 Å². The maximum atomic E-state index is 12.7. The summed E-state index contributed by atoms with van der Waals surface area (Å²) in [4.78, 5) is 7.28. The quantitative estimate of drug-likeness (QED) is 0.638. The Morgan fingerprint density at radius 1 is 1.32 bits per heavy atom. The lowest BCUT2D eigenvalue weighted by molar-refractivity contribution is -0.0922. The molecule has 4 nitrogen and oxygen atoms in total. The van der Waals surface area contributed by atoms with E-state index in [-0.39, 0.29) is 5.75 Å². The van der Waals surface area contributed by atoms with Crippen molar-refractivity contribution >= 4 is 12.3 Å². The Morgan fingerprint density at radius 2 is 2.00 bits per heavy atom. The number of hydrogen-bond acceptors (Lipinski definition) is 3. The zero-order valence-electron chi connectivity index (χ0n) is 13.9. The number of aryl methyl sites for hydroxylation is 1. The predicted octanol–water partition coefficient (Wildman–Crippen LogP) is 4.50. The molecule has 0 spiro atoms. The standard InChI is InChI=1S/C18H18F3N3O/c1-12(8-9-16(22-3)18(19,20)21)17-23-10-13(2)24(17)11-14-6-4-5-7-15(14)25/h4-10,25H,3,11H2,1-2H3/b12-8+,16-9-. The Bertz CT molecular complexity index is 832. The number of nitrogens with zero attached hydrogens (tertiary/aromatic N) is 3. The lowest BCUT2D eigenvalue weighted by atomic mass is 10.2. The first kappa shape index (κ1) is 18.5. The summed E-state index contributed by atoms with van der Waals surface area (Å²) in [5.74, 6) is 0.667. The summed E-state index contributed by atoms with van der Waals surface area (Å²) in [6, 6.07) is 6.88. The Hall–Kier alpha value is -2.83. The van der Waals surface area contributed by atoms with Crippen molar-refractivity contribution < 1.29 is 18.3 Å². The third kappa shape index (κ3) is 4.37. The molecule has 0 bridgehead atoms. The molecular weight excluding hydrogens is 331 g/mol. The summed E-state index contributed by atoms with van der Waals surface area (Å²) < 4.78 is 39.9. The monoisotopic (exact) mass is 349 g/mol. The molecule has 0 amide bonds. The van der Waals surface area contributed by atoms with Gasteiger partial charge in [0, 0.05) is 17.5 Å². The second-order valence-electron chi connectivity index (χ2n) is 5.50. The first-order chi connectivity index (χ1) is 11.7. The van der Waals surface area contributed by atoms with E-state index in [0.717, 1.165) is 11.8 Å². The van der Waals surface area contributed by atoms with Gasteiger partial charge in [-0.3, -0.25) is 4.99 Å². The molecule has 0 saturated carbocycles. The van der Waals surface area contributed by atoms with E-state index in [1.807, 2.05) is 11.5 Å².